The minimum absolute atomic E-state index is 0.0135. The Balaban J connectivity index is 1.59. The lowest BCUT2D eigenvalue weighted by Gasteiger charge is -2.18. The van der Waals surface area contributed by atoms with E-state index in [0.717, 1.165) is 42.1 Å². The summed E-state index contributed by atoms with van der Waals surface area (Å²) in [7, 11) is 0. The van der Waals surface area contributed by atoms with Gasteiger partial charge in [0.15, 0.2) is 0 Å². The Morgan fingerprint density at radius 3 is 2.71 bits per heavy atom. The summed E-state index contributed by atoms with van der Waals surface area (Å²) >= 11 is 0. The molecule has 1 heterocycles. The van der Waals surface area contributed by atoms with Crippen LogP contribution in [-0.4, -0.2) is 24.0 Å². The van der Waals surface area contributed by atoms with Crippen LogP contribution in [0.3, 0.4) is 0 Å². The molecule has 4 heteroatoms. The summed E-state index contributed by atoms with van der Waals surface area (Å²) in [6.07, 6.45) is 1.08. The van der Waals surface area contributed by atoms with Gasteiger partial charge in [0.25, 0.3) is 0 Å². The van der Waals surface area contributed by atoms with Gasteiger partial charge < -0.3 is 15.0 Å². The zero-order chi connectivity index (χ0) is 16.9. The molecule has 4 nitrogen and oxygen atoms in total. The average molecular weight is 324 g/mol. The van der Waals surface area contributed by atoms with E-state index in [-0.39, 0.29) is 6.03 Å². The number of aryl methyl sites for hydroxylation is 1. The van der Waals surface area contributed by atoms with E-state index in [4.69, 9.17) is 4.74 Å². The summed E-state index contributed by atoms with van der Waals surface area (Å²) in [6.45, 7) is 6.38. The van der Waals surface area contributed by atoms with E-state index in [1.807, 2.05) is 60.4 Å². The number of nitrogens with one attached hydrogen (secondary N) is 1. The van der Waals surface area contributed by atoms with Crippen molar-refractivity contribution in [3.63, 3.8) is 0 Å². The van der Waals surface area contributed by atoms with Crippen LogP contribution in [0.25, 0.3) is 0 Å². The maximum Gasteiger partial charge on any atom is 0.321 e. The minimum Gasteiger partial charge on any atom is -0.489 e. The van der Waals surface area contributed by atoms with Crippen LogP contribution in [0.5, 0.6) is 5.75 Å². The summed E-state index contributed by atoms with van der Waals surface area (Å²) in [6, 6.07) is 15.8. The molecular weight excluding hydrogens is 300 g/mol. The number of carbonyl (C=O) groups excluding carboxylic acids is 1. The van der Waals surface area contributed by atoms with Crippen molar-refractivity contribution >= 4 is 11.7 Å². The zero-order valence-corrected chi connectivity index (χ0v) is 14.3. The van der Waals surface area contributed by atoms with Crippen LogP contribution < -0.4 is 10.1 Å². The number of hydrogen-bond acceptors (Lipinski definition) is 2. The van der Waals surface area contributed by atoms with Crippen molar-refractivity contribution in [1.82, 2.24) is 4.90 Å². The summed E-state index contributed by atoms with van der Waals surface area (Å²) in [5.41, 5.74) is 2.98. The highest BCUT2D eigenvalue weighted by Gasteiger charge is 2.23. The van der Waals surface area contributed by atoms with E-state index in [2.05, 4.69) is 12.2 Å². The molecule has 0 radical (unpaired) electrons. The first-order chi connectivity index (χ1) is 11.6. The number of hydrogen-bond donors (Lipinski definition) is 1. The van der Waals surface area contributed by atoms with Gasteiger partial charge in [0.1, 0.15) is 12.4 Å². The number of carbonyl (C=O) groups is 1. The fourth-order valence-corrected chi connectivity index (χ4v) is 2.92. The van der Waals surface area contributed by atoms with Crippen molar-refractivity contribution in [3.8, 4) is 5.75 Å². The van der Waals surface area contributed by atoms with Gasteiger partial charge in [0, 0.05) is 18.8 Å². The molecule has 2 aromatic carbocycles. The van der Waals surface area contributed by atoms with Crippen molar-refractivity contribution in [2.75, 3.05) is 18.4 Å². The molecule has 1 unspecified atom stereocenters. The first-order valence-electron chi connectivity index (χ1n) is 8.45. The molecule has 1 saturated heterocycles. The summed E-state index contributed by atoms with van der Waals surface area (Å²) in [4.78, 5) is 14.2. The number of urea groups is 1. The van der Waals surface area contributed by atoms with Crippen LogP contribution in [0.4, 0.5) is 10.5 Å². The third-order valence-electron chi connectivity index (χ3n) is 4.40. The molecule has 0 aromatic heterocycles. The molecule has 1 fully saturated rings. The Hall–Kier alpha value is -2.49. The van der Waals surface area contributed by atoms with E-state index >= 15 is 0 Å². The molecule has 0 aliphatic carbocycles. The van der Waals surface area contributed by atoms with Crippen LogP contribution >= 0.6 is 0 Å². The topological polar surface area (TPSA) is 41.6 Å². The number of nitrogens with zero attached hydrogens (tertiary/aromatic N) is 1. The van der Waals surface area contributed by atoms with Gasteiger partial charge in [0.05, 0.1) is 0 Å². The molecule has 1 aliphatic rings. The number of amides is 2. The van der Waals surface area contributed by atoms with Crippen molar-refractivity contribution in [3.05, 3.63) is 59.7 Å². The van der Waals surface area contributed by atoms with Crippen LogP contribution in [0.1, 0.15) is 24.5 Å². The standard InChI is InChI=1S/C20H24N2O2/c1-15-10-11-22(13-15)20(23)21-19-9-8-18(12-16(19)2)24-14-17-6-4-3-5-7-17/h3-9,12,15H,10-11,13-14H2,1-2H3,(H,21,23). The molecule has 0 bridgehead atoms. The highest BCUT2D eigenvalue weighted by molar-refractivity contribution is 5.90. The van der Waals surface area contributed by atoms with Gasteiger partial charge in [-0.15, -0.1) is 0 Å². The van der Waals surface area contributed by atoms with Gasteiger partial charge in [-0.25, -0.2) is 4.79 Å². The van der Waals surface area contributed by atoms with Gasteiger partial charge in [0.2, 0.25) is 0 Å². The van der Waals surface area contributed by atoms with Crippen LogP contribution in [-0.2, 0) is 6.61 Å². The van der Waals surface area contributed by atoms with E-state index < -0.39 is 0 Å². The third-order valence-corrected chi connectivity index (χ3v) is 4.40. The first-order valence-corrected chi connectivity index (χ1v) is 8.45. The maximum atomic E-state index is 12.3. The van der Waals surface area contributed by atoms with Crippen molar-refractivity contribution in [1.29, 1.82) is 0 Å². The van der Waals surface area contributed by atoms with Crippen LogP contribution in [0.15, 0.2) is 48.5 Å². The molecular formula is C20H24N2O2. The SMILES string of the molecule is Cc1cc(OCc2ccccc2)ccc1NC(=O)N1CCC(C)C1. The molecule has 2 aromatic rings. The Bertz CT molecular complexity index is 700. The molecule has 24 heavy (non-hydrogen) atoms. The highest BCUT2D eigenvalue weighted by Crippen LogP contribution is 2.23. The lowest BCUT2D eigenvalue weighted by molar-refractivity contribution is 0.221. The molecule has 1 atom stereocenters. The van der Waals surface area contributed by atoms with Crippen molar-refractivity contribution < 1.29 is 9.53 Å². The van der Waals surface area contributed by atoms with Crippen LogP contribution in [0.2, 0.25) is 0 Å². The second-order valence-corrected chi connectivity index (χ2v) is 6.52. The second kappa shape index (κ2) is 7.39. The Kier molecular flexibility index (Phi) is 5.04. The second-order valence-electron chi connectivity index (χ2n) is 6.52. The van der Waals surface area contributed by atoms with Gasteiger partial charge in [-0.3, -0.25) is 0 Å². The predicted octanol–water partition coefficient (Wildman–Crippen LogP) is 4.45. The largest absolute Gasteiger partial charge is 0.489 e. The Labute approximate surface area is 143 Å². The summed E-state index contributed by atoms with van der Waals surface area (Å²) < 4.78 is 5.82. The molecule has 3 rings (SSSR count). The molecule has 1 N–H and O–H groups in total. The van der Waals surface area contributed by atoms with E-state index in [9.17, 15) is 4.79 Å². The molecule has 126 valence electrons. The van der Waals surface area contributed by atoms with Gasteiger partial charge in [-0.1, -0.05) is 37.3 Å². The molecule has 0 spiro atoms. The minimum atomic E-state index is -0.0135. The van der Waals surface area contributed by atoms with Crippen LogP contribution in [0, 0.1) is 12.8 Å². The third kappa shape index (κ3) is 4.07. The van der Waals surface area contributed by atoms with E-state index in [1.54, 1.807) is 0 Å². The quantitative estimate of drug-likeness (QED) is 0.903. The van der Waals surface area contributed by atoms with Gasteiger partial charge in [-0.05, 0) is 48.6 Å². The summed E-state index contributed by atoms with van der Waals surface area (Å²) in [5, 5.41) is 3.01. The number of likely N-dealkylation sites (tertiary alicyclic amines) is 1. The lowest BCUT2D eigenvalue weighted by atomic mass is 10.2. The lowest BCUT2D eigenvalue weighted by Crippen LogP contribution is -2.33. The Morgan fingerprint density at radius 1 is 1.25 bits per heavy atom. The first kappa shape index (κ1) is 16.4. The van der Waals surface area contributed by atoms with Gasteiger partial charge >= 0.3 is 6.03 Å². The zero-order valence-electron chi connectivity index (χ0n) is 14.3. The normalized spacial score (nSPS) is 16.9. The highest BCUT2D eigenvalue weighted by atomic mass is 16.5. The number of benzene rings is 2. The monoisotopic (exact) mass is 324 g/mol. The Morgan fingerprint density at radius 2 is 2.04 bits per heavy atom. The molecule has 0 saturated carbocycles. The smallest absolute Gasteiger partial charge is 0.321 e. The molecule has 1 aliphatic heterocycles. The summed E-state index contributed by atoms with van der Waals surface area (Å²) in [5.74, 6) is 1.40. The van der Waals surface area contributed by atoms with Gasteiger partial charge in [-0.2, -0.15) is 0 Å². The predicted molar refractivity (Wildman–Crippen MR) is 96.3 cm³/mol. The fourth-order valence-electron chi connectivity index (χ4n) is 2.92. The van der Waals surface area contributed by atoms with Crippen molar-refractivity contribution in [2.24, 2.45) is 5.92 Å². The molecule has 2 amide bonds. The van der Waals surface area contributed by atoms with E-state index in [0.29, 0.717) is 12.5 Å². The maximum absolute atomic E-state index is 12.3. The number of ether oxygens (including phenoxy) is 1. The average Bonchev–Trinajstić information content (AvgIpc) is 3.03. The number of rotatable bonds is 4. The van der Waals surface area contributed by atoms with E-state index in [1.165, 1.54) is 0 Å². The fraction of sp³-hybridized carbons (Fsp3) is 0.350. The van der Waals surface area contributed by atoms with Crippen molar-refractivity contribution in [2.45, 2.75) is 26.9 Å². The number of anilines is 1.